The zero-order chi connectivity index (χ0) is 14.3. The summed E-state index contributed by atoms with van der Waals surface area (Å²) in [7, 11) is 0. The lowest BCUT2D eigenvalue weighted by Gasteiger charge is -2.45. The number of hydrogen-bond donors (Lipinski definition) is 0. The molecular formula is C17H24N2O2. The van der Waals surface area contributed by atoms with Gasteiger partial charge in [0.15, 0.2) is 5.76 Å². The smallest absolute Gasteiger partial charge is 0.289 e. The van der Waals surface area contributed by atoms with E-state index in [1.807, 2.05) is 4.90 Å². The Balaban J connectivity index is 1.40. The third-order valence-corrected chi connectivity index (χ3v) is 5.63. The van der Waals surface area contributed by atoms with Crippen molar-refractivity contribution in [2.45, 2.75) is 44.1 Å². The van der Waals surface area contributed by atoms with Crippen molar-refractivity contribution in [3.8, 4) is 0 Å². The molecule has 1 spiro atoms. The molecular weight excluding hydrogens is 264 g/mol. The van der Waals surface area contributed by atoms with Crippen molar-refractivity contribution in [2.24, 2.45) is 5.92 Å². The molecule has 0 bridgehead atoms. The summed E-state index contributed by atoms with van der Waals surface area (Å²) in [5.41, 5.74) is 0.391. The Labute approximate surface area is 126 Å². The van der Waals surface area contributed by atoms with E-state index in [-0.39, 0.29) is 5.91 Å². The van der Waals surface area contributed by atoms with Crippen LogP contribution in [-0.2, 0) is 0 Å². The fraction of sp³-hybridized carbons (Fsp3) is 0.706. The monoisotopic (exact) mass is 288 g/mol. The maximum Gasteiger partial charge on any atom is 0.289 e. The van der Waals surface area contributed by atoms with Gasteiger partial charge >= 0.3 is 0 Å². The Morgan fingerprint density at radius 2 is 2.05 bits per heavy atom. The normalized spacial score (nSPS) is 25.6. The maximum absolute atomic E-state index is 12.4. The predicted octanol–water partition coefficient (Wildman–Crippen LogP) is 2.76. The van der Waals surface area contributed by atoms with Crippen LogP contribution >= 0.6 is 0 Å². The Morgan fingerprint density at radius 3 is 2.71 bits per heavy atom. The second-order valence-corrected chi connectivity index (χ2v) is 6.99. The summed E-state index contributed by atoms with van der Waals surface area (Å²) in [6.45, 7) is 4.32. The fourth-order valence-electron chi connectivity index (χ4n) is 4.14. The standard InChI is InChI=1S/C17H24N2O2/c20-16(15-3-1-12-21-15)18-10-7-17(8-11-18)6-2-9-19(17)13-14-4-5-14/h1,3,12,14H,2,4-11,13H2. The van der Waals surface area contributed by atoms with Crippen LogP contribution in [0.4, 0.5) is 0 Å². The molecule has 0 atom stereocenters. The van der Waals surface area contributed by atoms with Crippen molar-refractivity contribution in [1.82, 2.24) is 9.80 Å². The molecule has 114 valence electrons. The van der Waals surface area contributed by atoms with Crippen LogP contribution in [0.3, 0.4) is 0 Å². The van der Waals surface area contributed by atoms with Gasteiger partial charge in [-0.3, -0.25) is 9.69 Å². The van der Waals surface area contributed by atoms with Gasteiger partial charge in [-0.1, -0.05) is 0 Å². The van der Waals surface area contributed by atoms with Gasteiger partial charge in [-0.05, 0) is 63.1 Å². The molecule has 1 aromatic rings. The topological polar surface area (TPSA) is 36.7 Å². The summed E-state index contributed by atoms with van der Waals surface area (Å²) in [4.78, 5) is 17.1. The molecule has 0 aromatic carbocycles. The summed E-state index contributed by atoms with van der Waals surface area (Å²) < 4.78 is 5.25. The molecule has 1 aromatic heterocycles. The van der Waals surface area contributed by atoms with Crippen LogP contribution in [0.2, 0.25) is 0 Å². The summed E-state index contributed by atoms with van der Waals surface area (Å²) >= 11 is 0. The minimum absolute atomic E-state index is 0.0570. The molecule has 4 nitrogen and oxygen atoms in total. The third-order valence-electron chi connectivity index (χ3n) is 5.63. The molecule has 2 saturated heterocycles. The first-order chi connectivity index (χ1) is 10.3. The average molecular weight is 288 g/mol. The Kier molecular flexibility index (Phi) is 3.29. The van der Waals surface area contributed by atoms with Crippen molar-refractivity contribution in [2.75, 3.05) is 26.2 Å². The minimum atomic E-state index is 0.0570. The van der Waals surface area contributed by atoms with Gasteiger partial charge in [-0.2, -0.15) is 0 Å². The first-order valence-electron chi connectivity index (χ1n) is 8.35. The molecule has 4 heteroatoms. The predicted molar refractivity (Wildman–Crippen MR) is 80.1 cm³/mol. The van der Waals surface area contributed by atoms with E-state index in [0.29, 0.717) is 11.3 Å². The highest BCUT2D eigenvalue weighted by Gasteiger charge is 2.45. The number of furan rings is 1. The van der Waals surface area contributed by atoms with Crippen LogP contribution in [-0.4, -0.2) is 47.4 Å². The largest absolute Gasteiger partial charge is 0.459 e. The Bertz CT molecular complexity index is 499. The highest BCUT2D eigenvalue weighted by molar-refractivity contribution is 5.91. The van der Waals surface area contributed by atoms with Gasteiger partial charge in [0.2, 0.25) is 0 Å². The van der Waals surface area contributed by atoms with Crippen LogP contribution in [0.25, 0.3) is 0 Å². The molecule has 0 radical (unpaired) electrons. The van der Waals surface area contributed by atoms with E-state index < -0.39 is 0 Å². The minimum Gasteiger partial charge on any atom is -0.459 e. The summed E-state index contributed by atoms with van der Waals surface area (Å²) in [6.07, 6.45) is 9.35. The summed E-state index contributed by atoms with van der Waals surface area (Å²) in [5.74, 6) is 1.50. The molecule has 0 unspecified atom stereocenters. The van der Waals surface area contributed by atoms with Crippen molar-refractivity contribution >= 4 is 5.91 Å². The lowest BCUT2D eigenvalue weighted by molar-refractivity contribution is 0.0377. The summed E-state index contributed by atoms with van der Waals surface area (Å²) in [5, 5.41) is 0. The molecule has 1 amide bonds. The number of nitrogens with zero attached hydrogens (tertiary/aromatic N) is 2. The molecule has 3 fully saturated rings. The van der Waals surface area contributed by atoms with Gasteiger partial charge in [0, 0.05) is 25.2 Å². The Morgan fingerprint density at radius 1 is 1.24 bits per heavy atom. The van der Waals surface area contributed by atoms with E-state index >= 15 is 0 Å². The van der Waals surface area contributed by atoms with Crippen molar-refractivity contribution in [3.05, 3.63) is 24.2 Å². The second kappa shape index (κ2) is 5.16. The van der Waals surface area contributed by atoms with Gasteiger partial charge in [-0.15, -0.1) is 0 Å². The number of carbonyl (C=O) groups is 1. The number of likely N-dealkylation sites (tertiary alicyclic amines) is 2. The molecule has 1 aliphatic carbocycles. The van der Waals surface area contributed by atoms with E-state index in [0.717, 1.165) is 31.8 Å². The second-order valence-electron chi connectivity index (χ2n) is 6.99. The lowest BCUT2D eigenvalue weighted by atomic mass is 9.84. The van der Waals surface area contributed by atoms with Crippen LogP contribution in [0.5, 0.6) is 0 Å². The van der Waals surface area contributed by atoms with Crippen LogP contribution in [0.1, 0.15) is 49.1 Å². The first-order valence-corrected chi connectivity index (χ1v) is 8.35. The number of rotatable bonds is 3. The zero-order valence-corrected chi connectivity index (χ0v) is 12.6. The molecule has 2 aliphatic heterocycles. The van der Waals surface area contributed by atoms with E-state index in [4.69, 9.17) is 4.42 Å². The van der Waals surface area contributed by atoms with Gasteiger partial charge in [-0.25, -0.2) is 0 Å². The van der Waals surface area contributed by atoms with Crippen molar-refractivity contribution in [1.29, 1.82) is 0 Å². The molecule has 1 saturated carbocycles. The Hall–Kier alpha value is -1.29. The first kappa shape index (κ1) is 13.4. The number of hydrogen-bond acceptors (Lipinski definition) is 3. The highest BCUT2D eigenvalue weighted by atomic mass is 16.3. The van der Waals surface area contributed by atoms with Crippen LogP contribution < -0.4 is 0 Å². The molecule has 21 heavy (non-hydrogen) atoms. The third kappa shape index (κ3) is 2.50. The number of amides is 1. The van der Waals surface area contributed by atoms with Crippen LogP contribution in [0, 0.1) is 5.92 Å². The maximum atomic E-state index is 12.4. The van der Waals surface area contributed by atoms with Crippen molar-refractivity contribution < 1.29 is 9.21 Å². The van der Waals surface area contributed by atoms with Gasteiger partial charge in [0.1, 0.15) is 0 Å². The molecule has 4 rings (SSSR count). The molecule has 0 N–H and O–H groups in total. The lowest BCUT2D eigenvalue weighted by Crippen LogP contribution is -2.53. The zero-order valence-electron chi connectivity index (χ0n) is 12.6. The number of piperidine rings is 1. The fourth-order valence-corrected chi connectivity index (χ4v) is 4.14. The highest BCUT2D eigenvalue weighted by Crippen LogP contribution is 2.41. The molecule has 3 heterocycles. The average Bonchev–Trinajstić information content (AvgIpc) is 3.01. The van der Waals surface area contributed by atoms with Gasteiger partial charge < -0.3 is 9.32 Å². The van der Waals surface area contributed by atoms with E-state index in [2.05, 4.69) is 4.90 Å². The number of carbonyl (C=O) groups excluding carboxylic acids is 1. The van der Waals surface area contributed by atoms with Crippen molar-refractivity contribution in [3.63, 3.8) is 0 Å². The van der Waals surface area contributed by atoms with E-state index in [9.17, 15) is 4.79 Å². The molecule has 3 aliphatic rings. The van der Waals surface area contributed by atoms with Crippen LogP contribution in [0.15, 0.2) is 22.8 Å². The van der Waals surface area contributed by atoms with E-state index in [1.165, 1.54) is 38.8 Å². The van der Waals surface area contributed by atoms with Gasteiger partial charge in [0.25, 0.3) is 5.91 Å². The summed E-state index contributed by atoms with van der Waals surface area (Å²) in [6, 6.07) is 3.55. The SMILES string of the molecule is O=C(c1ccco1)N1CCC2(CCCN2CC2CC2)CC1. The van der Waals surface area contributed by atoms with E-state index in [1.54, 1.807) is 18.4 Å². The quantitative estimate of drug-likeness (QED) is 0.858. The van der Waals surface area contributed by atoms with Gasteiger partial charge in [0.05, 0.1) is 6.26 Å².